The first-order valence-electron chi connectivity index (χ1n) is 6.60. The van der Waals surface area contributed by atoms with Crippen molar-refractivity contribution in [1.82, 2.24) is 15.0 Å². The zero-order chi connectivity index (χ0) is 16.3. The molecular weight excluding hydrogens is 357 g/mol. The molecule has 0 aliphatic rings. The Morgan fingerprint density at radius 3 is 2.48 bits per heavy atom. The van der Waals surface area contributed by atoms with Gasteiger partial charge in [-0.15, -0.1) is 11.3 Å². The van der Waals surface area contributed by atoms with Crippen LogP contribution in [-0.2, 0) is 4.79 Å². The van der Waals surface area contributed by atoms with Crippen molar-refractivity contribution in [3.63, 3.8) is 0 Å². The second-order valence-corrected chi connectivity index (χ2v) is 6.88. The fraction of sp³-hybridized carbons (Fsp3) is 0.429. The van der Waals surface area contributed by atoms with E-state index in [1.807, 2.05) is 13.0 Å². The third-order valence-electron chi connectivity index (χ3n) is 2.81. The number of anilines is 2. The maximum absolute atomic E-state index is 11.1. The predicted molar refractivity (Wildman–Crippen MR) is 96.6 cm³/mol. The first-order valence-corrected chi connectivity index (χ1v) is 8.17. The smallest absolute Gasteiger partial charge is 0.234 e. The summed E-state index contributed by atoms with van der Waals surface area (Å²) in [5.74, 6) is 0.857. The van der Waals surface area contributed by atoms with Gasteiger partial charge >= 0.3 is 0 Å². The molecule has 1 unspecified atom stereocenters. The summed E-state index contributed by atoms with van der Waals surface area (Å²) in [7, 11) is 0. The van der Waals surface area contributed by atoms with Crippen molar-refractivity contribution in [2.75, 3.05) is 10.6 Å². The van der Waals surface area contributed by atoms with Gasteiger partial charge in [0.2, 0.25) is 17.8 Å². The summed E-state index contributed by atoms with van der Waals surface area (Å²) in [5, 5.41) is 5.75. The minimum atomic E-state index is -0.240. The molecule has 9 heteroatoms. The number of hydrogen-bond acceptors (Lipinski definition) is 6. The Balaban J connectivity index is 0.00000264. The largest absolute Gasteiger partial charge is 0.347 e. The molecule has 2 aromatic heterocycles. The molecule has 1 amide bonds. The molecule has 0 spiro atoms. The average Bonchev–Trinajstić information content (AvgIpc) is 2.73. The van der Waals surface area contributed by atoms with Crippen molar-refractivity contribution >= 4 is 52.3 Å². The molecule has 2 N–H and O–H groups in total. The average molecular weight is 376 g/mol. The fourth-order valence-corrected chi connectivity index (χ4v) is 3.49. The number of halogens is 2. The highest BCUT2D eigenvalue weighted by molar-refractivity contribution is 7.20. The number of carbonyl (C=O) groups is 1. The Morgan fingerprint density at radius 2 is 1.96 bits per heavy atom. The van der Waals surface area contributed by atoms with Crippen molar-refractivity contribution < 1.29 is 4.79 Å². The normalized spacial score (nSPS) is 11.5. The van der Waals surface area contributed by atoms with Gasteiger partial charge < -0.3 is 5.32 Å². The molecule has 6 nitrogen and oxygen atoms in total. The van der Waals surface area contributed by atoms with Gasteiger partial charge in [0, 0.05) is 12.5 Å². The molecule has 0 fully saturated rings. The summed E-state index contributed by atoms with van der Waals surface area (Å²) in [4.78, 5) is 23.6. The van der Waals surface area contributed by atoms with Gasteiger partial charge in [-0.2, -0.15) is 15.0 Å². The van der Waals surface area contributed by atoms with E-state index in [0.29, 0.717) is 20.4 Å². The summed E-state index contributed by atoms with van der Waals surface area (Å²) in [6.07, 6.45) is 0.771. The van der Waals surface area contributed by atoms with Crippen LogP contribution in [0.2, 0.25) is 8.67 Å². The van der Waals surface area contributed by atoms with Gasteiger partial charge in [-0.3, -0.25) is 10.1 Å². The van der Waals surface area contributed by atoms with Crippen LogP contribution < -0.4 is 10.6 Å². The zero-order valence-corrected chi connectivity index (χ0v) is 14.6. The van der Waals surface area contributed by atoms with Crippen LogP contribution in [0.15, 0.2) is 6.07 Å². The third kappa shape index (κ3) is 5.30. The molecular formula is C14H19Cl2N5OS. The number of thiophene rings is 1. The molecule has 0 aromatic carbocycles. The van der Waals surface area contributed by atoms with E-state index >= 15 is 0 Å². The summed E-state index contributed by atoms with van der Waals surface area (Å²) in [6.45, 7) is 5.14. The number of amides is 1. The lowest BCUT2D eigenvalue weighted by molar-refractivity contribution is -0.114. The van der Waals surface area contributed by atoms with E-state index in [-0.39, 0.29) is 25.3 Å². The molecule has 0 saturated heterocycles. The van der Waals surface area contributed by atoms with Gasteiger partial charge in [0.15, 0.2) is 0 Å². The van der Waals surface area contributed by atoms with Crippen molar-refractivity contribution in [2.45, 2.75) is 40.7 Å². The van der Waals surface area contributed by atoms with Gasteiger partial charge in [0.05, 0.1) is 14.7 Å². The van der Waals surface area contributed by atoms with Crippen molar-refractivity contribution in [2.24, 2.45) is 0 Å². The van der Waals surface area contributed by atoms with E-state index in [9.17, 15) is 4.79 Å². The lowest BCUT2D eigenvalue weighted by atomic mass is 10.1. The molecule has 126 valence electrons. The maximum atomic E-state index is 11.1. The van der Waals surface area contributed by atoms with Crippen LogP contribution in [0.25, 0.3) is 0 Å². The Hall–Kier alpha value is -1.44. The third-order valence-corrected chi connectivity index (χ3v) is 4.32. The van der Waals surface area contributed by atoms with Crippen LogP contribution in [0.1, 0.15) is 45.1 Å². The Morgan fingerprint density at radius 1 is 1.30 bits per heavy atom. The van der Waals surface area contributed by atoms with Crippen LogP contribution in [0.5, 0.6) is 0 Å². The van der Waals surface area contributed by atoms with Crippen LogP contribution >= 0.6 is 34.5 Å². The second kappa shape index (κ2) is 8.42. The SMILES string of the molecule is C.CCC(Nc1nc(C)nc(NC(C)=O)n1)c1cc(Cl)sc1Cl. The van der Waals surface area contributed by atoms with Crippen molar-refractivity contribution in [3.05, 3.63) is 26.1 Å². The molecule has 0 aliphatic carbocycles. The van der Waals surface area contributed by atoms with E-state index < -0.39 is 0 Å². The number of hydrogen-bond donors (Lipinski definition) is 2. The molecule has 2 rings (SSSR count). The lowest BCUT2D eigenvalue weighted by Gasteiger charge is -2.17. The molecule has 2 aromatic rings. The van der Waals surface area contributed by atoms with Crippen LogP contribution in [0, 0.1) is 6.92 Å². The number of nitrogens with zero attached hydrogens (tertiary/aromatic N) is 3. The zero-order valence-electron chi connectivity index (χ0n) is 12.3. The summed E-state index contributed by atoms with van der Waals surface area (Å²) in [6, 6.07) is 1.75. The van der Waals surface area contributed by atoms with Gasteiger partial charge in [0.1, 0.15) is 5.82 Å². The van der Waals surface area contributed by atoms with Gasteiger partial charge in [0.25, 0.3) is 0 Å². The van der Waals surface area contributed by atoms with Gasteiger partial charge in [-0.1, -0.05) is 37.6 Å². The highest BCUT2D eigenvalue weighted by Gasteiger charge is 2.18. The summed E-state index contributed by atoms with van der Waals surface area (Å²) < 4.78 is 1.27. The van der Waals surface area contributed by atoms with Crippen LogP contribution in [0.4, 0.5) is 11.9 Å². The topological polar surface area (TPSA) is 79.8 Å². The lowest BCUT2D eigenvalue weighted by Crippen LogP contribution is -2.16. The molecule has 23 heavy (non-hydrogen) atoms. The Bertz CT molecular complexity index is 692. The summed E-state index contributed by atoms with van der Waals surface area (Å²) in [5.41, 5.74) is 0.901. The van der Waals surface area contributed by atoms with Crippen molar-refractivity contribution in [3.8, 4) is 0 Å². The number of rotatable bonds is 5. The number of carbonyl (C=O) groups excluding carboxylic acids is 1. The highest BCUT2D eigenvalue weighted by atomic mass is 35.5. The second-order valence-electron chi connectivity index (χ2n) is 4.60. The molecule has 0 aliphatic heterocycles. The first-order chi connectivity index (χ1) is 10.4. The van der Waals surface area contributed by atoms with E-state index in [4.69, 9.17) is 23.2 Å². The quantitative estimate of drug-likeness (QED) is 0.790. The van der Waals surface area contributed by atoms with E-state index in [1.165, 1.54) is 18.3 Å². The van der Waals surface area contributed by atoms with E-state index in [2.05, 4.69) is 25.6 Å². The van der Waals surface area contributed by atoms with Crippen molar-refractivity contribution in [1.29, 1.82) is 0 Å². The van der Waals surface area contributed by atoms with Gasteiger partial charge in [-0.05, 0) is 19.4 Å². The minimum Gasteiger partial charge on any atom is -0.347 e. The monoisotopic (exact) mass is 375 g/mol. The highest BCUT2D eigenvalue weighted by Crippen LogP contribution is 2.37. The van der Waals surface area contributed by atoms with Crippen LogP contribution in [0.3, 0.4) is 0 Å². The van der Waals surface area contributed by atoms with E-state index in [0.717, 1.165) is 12.0 Å². The molecule has 0 saturated carbocycles. The standard InChI is InChI=1S/C13H15Cl2N5OS.CH4/c1-4-9(8-5-10(14)22-11(8)15)19-13-17-6(2)16-12(20-13)18-7(3)21;/h5,9H,4H2,1-3H3,(H2,16,17,18,19,20,21);1H4. The fourth-order valence-electron chi connectivity index (χ4n) is 1.91. The molecule has 0 radical (unpaired) electrons. The van der Waals surface area contributed by atoms with Crippen LogP contribution in [-0.4, -0.2) is 20.9 Å². The Labute approximate surface area is 149 Å². The molecule has 0 bridgehead atoms. The predicted octanol–water partition coefficient (Wildman–Crippen LogP) is 4.71. The number of aromatic nitrogens is 3. The number of aryl methyl sites for hydroxylation is 1. The first kappa shape index (κ1) is 19.6. The molecule has 1 atom stereocenters. The van der Waals surface area contributed by atoms with E-state index in [1.54, 1.807) is 6.92 Å². The summed E-state index contributed by atoms with van der Waals surface area (Å²) >= 11 is 13.5. The minimum absolute atomic E-state index is 0. The van der Waals surface area contributed by atoms with Gasteiger partial charge in [-0.25, -0.2) is 0 Å². The molecule has 2 heterocycles. The number of nitrogens with one attached hydrogen (secondary N) is 2. The maximum Gasteiger partial charge on any atom is 0.234 e. The Kier molecular flexibility index (Phi) is 7.18.